The van der Waals surface area contributed by atoms with Gasteiger partial charge in [-0.15, -0.1) is 0 Å². The van der Waals surface area contributed by atoms with Crippen LogP contribution in [0.4, 0.5) is 0 Å². The van der Waals surface area contributed by atoms with Gasteiger partial charge < -0.3 is 4.90 Å². The highest BCUT2D eigenvalue weighted by molar-refractivity contribution is 6.30. The summed E-state index contributed by atoms with van der Waals surface area (Å²) < 4.78 is 0. The Labute approximate surface area is 113 Å². The maximum atomic E-state index is 12.2. The van der Waals surface area contributed by atoms with Crippen molar-refractivity contribution in [2.45, 2.75) is 25.9 Å². The SMILES string of the molecule is CN1CCN(Cc2cccnc2Cl)C(C)(C)C1=O. The van der Waals surface area contributed by atoms with E-state index in [0.29, 0.717) is 11.7 Å². The van der Waals surface area contributed by atoms with Gasteiger partial charge >= 0.3 is 0 Å². The summed E-state index contributed by atoms with van der Waals surface area (Å²) in [5, 5.41) is 0.514. The number of aromatic nitrogens is 1. The highest BCUT2D eigenvalue weighted by Gasteiger charge is 2.40. The number of likely N-dealkylation sites (N-methyl/N-ethyl adjacent to an activating group) is 1. The van der Waals surface area contributed by atoms with Crippen molar-refractivity contribution in [3.63, 3.8) is 0 Å². The summed E-state index contributed by atoms with van der Waals surface area (Å²) in [6, 6.07) is 3.82. The van der Waals surface area contributed by atoms with Crippen molar-refractivity contribution < 1.29 is 4.79 Å². The summed E-state index contributed by atoms with van der Waals surface area (Å²) in [4.78, 5) is 20.2. The molecule has 0 aliphatic carbocycles. The van der Waals surface area contributed by atoms with Gasteiger partial charge in [0, 0.05) is 38.4 Å². The van der Waals surface area contributed by atoms with Crippen molar-refractivity contribution in [1.29, 1.82) is 0 Å². The number of halogens is 1. The molecule has 0 N–H and O–H groups in total. The van der Waals surface area contributed by atoms with Crippen LogP contribution in [-0.2, 0) is 11.3 Å². The van der Waals surface area contributed by atoms with Crippen LogP contribution in [0, 0.1) is 0 Å². The van der Waals surface area contributed by atoms with Crippen LogP contribution in [0.1, 0.15) is 19.4 Å². The van der Waals surface area contributed by atoms with Gasteiger partial charge in [0.05, 0.1) is 5.54 Å². The number of hydrogen-bond acceptors (Lipinski definition) is 3. The first kappa shape index (κ1) is 13.3. The van der Waals surface area contributed by atoms with Crippen LogP contribution in [0.2, 0.25) is 5.15 Å². The van der Waals surface area contributed by atoms with E-state index < -0.39 is 5.54 Å². The molecule has 1 amide bonds. The van der Waals surface area contributed by atoms with Gasteiger partial charge in [0.15, 0.2) is 0 Å². The van der Waals surface area contributed by atoms with E-state index in [9.17, 15) is 4.79 Å². The van der Waals surface area contributed by atoms with E-state index in [-0.39, 0.29) is 5.91 Å². The van der Waals surface area contributed by atoms with Crippen molar-refractivity contribution in [2.24, 2.45) is 0 Å². The molecule has 1 aromatic heterocycles. The molecule has 5 heteroatoms. The standard InChI is InChI=1S/C13H18ClN3O/c1-13(2)12(18)16(3)7-8-17(13)9-10-5-4-6-15-11(10)14/h4-6H,7-9H2,1-3H3. The molecule has 1 fully saturated rings. The predicted molar refractivity (Wildman–Crippen MR) is 71.4 cm³/mol. The Morgan fingerprint density at radius 2 is 2.17 bits per heavy atom. The summed E-state index contributed by atoms with van der Waals surface area (Å²) in [6.45, 7) is 6.16. The molecule has 1 aliphatic heterocycles. The Hall–Kier alpha value is -1.13. The molecule has 2 heterocycles. The van der Waals surface area contributed by atoms with Crippen molar-refractivity contribution in [2.75, 3.05) is 20.1 Å². The molecule has 1 aromatic rings. The molecule has 0 unspecified atom stereocenters. The lowest BCUT2D eigenvalue weighted by Gasteiger charge is -2.44. The minimum absolute atomic E-state index is 0.147. The average molecular weight is 268 g/mol. The smallest absolute Gasteiger partial charge is 0.242 e. The maximum Gasteiger partial charge on any atom is 0.242 e. The molecule has 0 bridgehead atoms. The lowest BCUT2D eigenvalue weighted by atomic mass is 9.97. The van der Waals surface area contributed by atoms with Gasteiger partial charge in [-0.1, -0.05) is 17.7 Å². The Bertz CT molecular complexity index is 461. The van der Waals surface area contributed by atoms with Gasteiger partial charge in [-0.2, -0.15) is 0 Å². The number of rotatable bonds is 2. The van der Waals surface area contributed by atoms with Crippen molar-refractivity contribution in [3.8, 4) is 0 Å². The maximum absolute atomic E-state index is 12.2. The number of piperazine rings is 1. The zero-order chi connectivity index (χ0) is 13.3. The zero-order valence-corrected chi connectivity index (χ0v) is 11.7. The Balaban J connectivity index is 2.19. The fourth-order valence-corrected chi connectivity index (χ4v) is 2.45. The van der Waals surface area contributed by atoms with E-state index in [2.05, 4.69) is 9.88 Å². The van der Waals surface area contributed by atoms with E-state index in [4.69, 9.17) is 11.6 Å². The second kappa shape index (κ2) is 4.86. The summed E-state index contributed by atoms with van der Waals surface area (Å²) in [5.74, 6) is 0.147. The molecule has 98 valence electrons. The van der Waals surface area contributed by atoms with Gasteiger partial charge in [0.2, 0.25) is 5.91 Å². The molecular weight excluding hydrogens is 250 g/mol. The quantitative estimate of drug-likeness (QED) is 0.767. The summed E-state index contributed by atoms with van der Waals surface area (Å²) in [5.41, 5.74) is 0.469. The van der Waals surface area contributed by atoms with Gasteiger partial charge in [-0.25, -0.2) is 4.98 Å². The molecule has 0 atom stereocenters. The third-order valence-corrected chi connectivity index (χ3v) is 3.90. The van der Waals surface area contributed by atoms with E-state index in [1.165, 1.54) is 0 Å². The molecule has 1 saturated heterocycles. The minimum Gasteiger partial charge on any atom is -0.343 e. The molecule has 18 heavy (non-hydrogen) atoms. The van der Waals surface area contributed by atoms with Crippen LogP contribution in [0.5, 0.6) is 0 Å². The van der Waals surface area contributed by atoms with E-state index in [0.717, 1.165) is 18.7 Å². The topological polar surface area (TPSA) is 36.4 Å². The van der Waals surface area contributed by atoms with Crippen LogP contribution in [0.25, 0.3) is 0 Å². The average Bonchev–Trinajstić information content (AvgIpc) is 2.33. The largest absolute Gasteiger partial charge is 0.343 e. The fourth-order valence-electron chi connectivity index (χ4n) is 2.27. The van der Waals surface area contributed by atoms with Crippen LogP contribution in [-0.4, -0.2) is 46.4 Å². The Morgan fingerprint density at radius 1 is 1.44 bits per heavy atom. The molecule has 1 aliphatic rings. The minimum atomic E-state index is -0.494. The van der Waals surface area contributed by atoms with Crippen LogP contribution in [0.3, 0.4) is 0 Å². The molecule has 4 nitrogen and oxygen atoms in total. The molecule has 0 spiro atoms. The molecule has 0 saturated carbocycles. The van der Waals surface area contributed by atoms with Crippen LogP contribution in [0.15, 0.2) is 18.3 Å². The molecule has 2 rings (SSSR count). The molecular formula is C13H18ClN3O. The van der Waals surface area contributed by atoms with Gasteiger partial charge in [0.1, 0.15) is 5.15 Å². The lowest BCUT2D eigenvalue weighted by Crippen LogP contribution is -2.61. The highest BCUT2D eigenvalue weighted by Crippen LogP contribution is 2.25. The van der Waals surface area contributed by atoms with Gasteiger partial charge in [0.25, 0.3) is 0 Å². The zero-order valence-electron chi connectivity index (χ0n) is 11.0. The van der Waals surface area contributed by atoms with Crippen LogP contribution < -0.4 is 0 Å². The summed E-state index contributed by atoms with van der Waals surface area (Å²) >= 11 is 6.07. The summed E-state index contributed by atoms with van der Waals surface area (Å²) in [6.07, 6.45) is 1.67. The summed E-state index contributed by atoms with van der Waals surface area (Å²) in [7, 11) is 1.85. The van der Waals surface area contributed by atoms with Gasteiger partial charge in [-0.05, 0) is 19.9 Å². The number of carbonyl (C=O) groups is 1. The number of hydrogen-bond donors (Lipinski definition) is 0. The number of nitrogens with zero attached hydrogens (tertiary/aromatic N) is 3. The van der Waals surface area contributed by atoms with Gasteiger partial charge in [-0.3, -0.25) is 9.69 Å². The van der Waals surface area contributed by atoms with E-state index in [1.807, 2.05) is 33.0 Å². The monoisotopic (exact) mass is 267 g/mol. The first-order valence-electron chi connectivity index (χ1n) is 6.03. The van der Waals surface area contributed by atoms with Crippen molar-refractivity contribution in [3.05, 3.63) is 29.0 Å². The molecule has 0 radical (unpaired) electrons. The Morgan fingerprint density at radius 3 is 2.83 bits per heavy atom. The normalized spacial score (nSPS) is 20.2. The predicted octanol–water partition coefficient (Wildman–Crippen LogP) is 1.79. The fraction of sp³-hybridized carbons (Fsp3) is 0.538. The number of pyridine rings is 1. The highest BCUT2D eigenvalue weighted by atomic mass is 35.5. The first-order valence-corrected chi connectivity index (χ1v) is 6.40. The first-order chi connectivity index (χ1) is 8.43. The number of carbonyl (C=O) groups excluding carboxylic acids is 1. The second-order valence-electron chi connectivity index (χ2n) is 5.16. The molecule has 0 aromatic carbocycles. The third kappa shape index (κ3) is 2.35. The third-order valence-electron chi connectivity index (χ3n) is 3.56. The van der Waals surface area contributed by atoms with E-state index >= 15 is 0 Å². The van der Waals surface area contributed by atoms with E-state index in [1.54, 1.807) is 11.1 Å². The lowest BCUT2D eigenvalue weighted by molar-refractivity contribution is -0.147. The number of amides is 1. The second-order valence-corrected chi connectivity index (χ2v) is 5.52. The van der Waals surface area contributed by atoms with Crippen molar-refractivity contribution in [1.82, 2.24) is 14.8 Å². The van der Waals surface area contributed by atoms with Crippen molar-refractivity contribution >= 4 is 17.5 Å². The Kier molecular flexibility index (Phi) is 3.59. The van der Waals surface area contributed by atoms with Crippen LogP contribution >= 0.6 is 11.6 Å².